The van der Waals surface area contributed by atoms with Crippen molar-refractivity contribution in [2.75, 3.05) is 6.54 Å². The Morgan fingerprint density at radius 1 is 1.35 bits per heavy atom. The summed E-state index contributed by atoms with van der Waals surface area (Å²) >= 11 is 3.58. The second-order valence-electron chi connectivity index (χ2n) is 4.55. The van der Waals surface area contributed by atoms with Crippen LogP contribution in [0.15, 0.2) is 44.4 Å². The predicted octanol–water partition coefficient (Wildman–Crippen LogP) is 2.91. The van der Waals surface area contributed by atoms with E-state index in [9.17, 15) is 4.79 Å². The number of fused-ring (bicyclic) bond motifs is 1. The molecule has 20 heavy (non-hydrogen) atoms. The first-order valence-electron chi connectivity index (χ1n) is 6.36. The van der Waals surface area contributed by atoms with Gasteiger partial charge in [0.25, 0.3) is 0 Å². The minimum Gasteiger partial charge on any atom is -0.472 e. The Bertz CT molecular complexity index is 773. The van der Waals surface area contributed by atoms with Gasteiger partial charge in [-0.2, -0.15) is 0 Å². The first-order chi connectivity index (χ1) is 9.69. The number of aromatic amines is 2. The lowest BCUT2D eigenvalue weighted by atomic mass is 10.0. The van der Waals surface area contributed by atoms with Crippen molar-refractivity contribution in [2.24, 2.45) is 0 Å². The molecule has 0 saturated carbocycles. The number of nitrogens with one attached hydrogen (secondary N) is 3. The molecule has 1 atom stereocenters. The molecule has 0 aliphatic heterocycles. The maximum Gasteiger partial charge on any atom is 0.323 e. The molecule has 3 rings (SSSR count). The average molecular weight is 336 g/mol. The van der Waals surface area contributed by atoms with Gasteiger partial charge in [0, 0.05) is 10.0 Å². The number of benzene rings is 1. The van der Waals surface area contributed by atoms with E-state index in [1.807, 2.05) is 18.2 Å². The highest BCUT2D eigenvalue weighted by molar-refractivity contribution is 9.10. The molecule has 0 aliphatic carbocycles. The number of rotatable bonds is 4. The highest BCUT2D eigenvalue weighted by Gasteiger charge is 2.18. The smallest absolute Gasteiger partial charge is 0.323 e. The fraction of sp³-hybridized carbons (Fsp3) is 0.214. The van der Waals surface area contributed by atoms with Gasteiger partial charge in [-0.1, -0.05) is 22.9 Å². The fourth-order valence-corrected chi connectivity index (χ4v) is 2.92. The van der Waals surface area contributed by atoms with E-state index in [1.54, 1.807) is 12.5 Å². The van der Waals surface area contributed by atoms with Gasteiger partial charge < -0.3 is 19.7 Å². The number of hydrogen-bond donors (Lipinski definition) is 3. The van der Waals surface area contributed by atoms with Crippen LogP contribution in [0.4, 0.5) is 0 Å². The molecule has 0 saturated heterocycles. The van der Waals surface area contributed by atoms with Crippen LogP contribution in [0.3, 0.4) is 0 Å². The van der Waals surface area contributed by atoms with Crippen LogP contribution in [0.2, 0.25) is 0 Å². The summed E-state index contributed by atoms with van der Waals surface area (Å²) in [6, 6.07) is 5.82. The summed E-state index contributed by atoms with van der Waals surface area (Å²) in [5, 5.41) is 3.42. The van der Waals surface area contributed by atoms with Gasteiger partial charge in [0.2, 0.25) is 0 Å². The van der Waals surface area contributed by atoms with Crippen LogP contribution in [0, 0.1) is 0 Å². The Kier molecular flexibility index (Phi) is 3.50. The number of aromatic nitrogens is 2. The Morgan fingerprint density at radius 3 is 2.75 bits per heavy atom. The summed E-state index contributed by atoms with van der Waals surface area (Å²) in [5.41, 5.74) is 3.47. The standard InChI is InChI=1S/C14H14BrN3O2/c1-2-16-13(8-3-4-20-7-8)9-5-11-12(6-10(9)15)18-14(19)17-11/h3-7,13,16H,2H2,1H3,(H2,17,18,19). The van der Waals surface area contributed by atoms with Crippen molar-refractivity contribution in [3.63, 3.8) is 0 Å². The van der Waals surface area contributed by atoms with Crippen molar-refractivity contribution >= 4 is 27.0 Å². The van der Waals surface area contributed by atoms with Crippen LogP contribution in [-0.4, -0.2) is 16.5 Å². The first kappa shape index (κ1) is 13.2. The summed E-state index contributed by atoms with van der Waals surface area (Å²) in [4.78, 5) is 16.9. The van der Waals surface area contributed by atoms with Crippen LogP contribution in [0.5, 0.6) is 0 Å². The summed E-state index contributed by atoms with van der Waals surface area (Å²) in [7, 11) is 0. The van der Waals surface area contributed by atoms with E-state index in [0.717, 1.165) is 33.2 Å². The molecule has 3 N–H and O–H groups in total. The number of halogens is 1. The van der Waals surface area contributed by atoms with Gasteiger partial charge >= 0.3 is 5.69 Å². The molecule has 2 heterocycles. The normalized spacial score (nSPS) is 12.9. The molecule has 6 heteroatoms. The minimum atomic E-state index is -0.202. The van der Waals surface area contributed by atoms with Crippen LogP contribution in [0.1, 0.15) is 24.1 Å². The largest absolute Gasteiger partial charge is 0.472 e. The maximum absolute atomic E-state index is 11.4. The van der Waals surface area contributed by atoms with Gasteiger partial charge in [-0.15, -0.1) is 0 Å². The second-order valence-corrected chi connectivity index (χ2v) is 5.40. The Hall–Kier alpha value is -1.79. The van der Waals surface area contributed by atoms with Crippen LogP contribution < -0.4 is 11.0 Å². The molecule has 104 valence electrons. The monoisotopic (exact) mass is 335 g/mol. The Morgan fingerprint density at radius 2 is 2.10 bits per heavy atom. The lowest BCUT2D eigenvalue weighted by Gasteiger charge is -2.18. The second kappa shape index (κ2) is 5.30. The van der Waals surface area contributed by atoms with Crippen LogP contribution >= 0.6 is 15.9 Å². The van der Waals surface area contributed by atoms with Gasteiger partial charge in [-0.05, 0) is 30.3 Å². The summed E-state index contributed by atoms with van der Waals surface area (Å²) in [6.45, 7) is 2.88. The van der Waals surface area contributed by atoms with E-state index in [1.165, 1.54) is 0 Å². The van der Waals surface area contributed by atoms with E-state index < -0.39 is 0 Å². The highest BCUT2D eigenvalue weighted by atomic mass is 79.9. The Labute approximate surface area is 123 Å². The quantitative estimate of drug-likeness (QED) is 0.686. The van der Waals surface area contributed by atoms with Gasteiger partial charge in [-0.25, -0.2) is 4.79 Å². The van der Waals surface area contributed by atoms with E-state index in [2.05, 4.69) is 38.1 Å². The van der Waals surface area contributed by atoms with Crippen molar-refractivity contribution in [1.82, 2.24) is 15.3 Å². The zero-order valence-corrected chi connectivity index (χ0v) is 12.5. The molecular weight excluding hydrogens is 322 g/mol. The molecule has 0 amide bonds. The SMILES string of the molecule is CCNC(c1ccoc1)c1cc2[nH]c(=O)[nH]c2cc1Br. The Balaban J connectivity index is 2.14. The van der Waals surface area contributed by atoms with Crippen LogP contribution in [-0.2, 0) is 0 Å². The van der Waals surface area contributed by atoms with Crippen molar-refractivity contribution in [2.45, 2.75) is 13.0 Å². The fourth-order valence-electron chi connectivity index (χ4n) is 2.34. The maximum atomic E-state index is 11.4. The third-order valence-corrected chi connectivity index (χ3v) is 3.92. The lowest BCUT2D eigenvalue weighted by Crippen LogP contribution is -2.21. The van der Waals surface area contributed by atoms with Crippen molar-refractivity contribution in [3.8, 4) is 0 Å². The number of furan rings is 1. The van der Waals surface area contributed by atoms with Gasteiger partial charge in [0.15, 0.2) is 0 Å². The number of H-pyrrole nitrogens is 2. The van der Waals surface area contributed by atoms with E-state index >= 15 is 0 Å². The van der Waals surface area contributed by atoms with Crippen molar-refractivity contribution in [3.05, 3.63) is 56.8 Å². The molecule has 0 spiro atoms. The summed E-state index contributed by atoms with van der Waals surface area (Å²) in [5.74, 6) is 0. The average Bonchev–Trinajstić information content (AvgIpc) is 3.03. The van der Waals surface area contributed by atoms with E-state index in [-0.39, 0.29) is 11.7 Å². The minimum absolute atomic E-state index is 0.0101. The number of hydrogen-bond acceptors (Lipinski definition) is 3. The lowest BCUT2D eigenvalue weighted by molar-refractivity contribution is 0.552. The van der Waals surface area contributed by atoms with Gasteiger partial charge in [0.05, 0.1) is 29.6 Å². The number of imidazole rings is 1. The molecule has 3 aromatic rings. The molecule has 1 aromatic carbocycles. The summed E-state index contributed by atoms with van der Waals surface area (Å²) < 4.78 is 6.11. The zero-order valence-electron chi connectivity index (χ0n) is 10.9. The highest BCUT2D eigenvalue weighted by Crippen LogP contribution is 2.31. The van der Waals surface area contributed by atoms with E-state index in [4.69, 9.17) is 4.42 Å². The topological polar surface area (TPSA) is 73.8 Å². The van der Waals surface area contributed by atoms with Crippen molar-refractivity contribution in [1.29, 1.82) is 0 Å². The molecule has 5 nitrogen and oxygen atoms in total. The third-order valence-electron chi connectivity index (χ3n) is 3.23. The third kappa shape index (κ3) is 2.32. The molecule has 2 aromatic heterocycles. The predicted molar refractivity (Wildman–Crippen MR) is 80.8 cm³/mol. The first-order valence-corrected chi connectivity index (χ1v) is 7.15. The van der Waals surface area contributed by atoms with E-state index in [0.29, 0.717) is 0 Å². The molecule has 1 unspecified atom stereocenters. The molecule has 0 aliphatic rings. The molecule has 0 bridgehead atoms. The molecular formula is C14H14BrN3O2. The molecule has 0 fully saturated rings. The van der Waals surface area contributed by atoms with Gasteiger partial charge in [0.1, 0.15) is 0 Å². The zero-order chi connectivity index (χ0) is 14.1. The van der Waals surface area contributed by atoms with Gasteiger partial charge in [-0.3, -0.25) is 0 Å². The summed E-state index contributed by atoms with van der Waals surface area (Å²) in [6.07, 6.45) is 3.38. The van der Waals surface area contributed by atoms with Crippen molar-refractivity contribution < 1.29 is 4.42 Å². The molecule has 0 radical (unpaired) electrons. The van der Waals surface area contributed by atoms with Crippen LogP contribution in [0.25, 0.3) is 11.0 Å².